The lowest BCUT2D eigenvalue weighted by molar-refractivity contribution is -0.157. The van der Waals surface area contributed by atoms with Gasteiger partial charge in [0.15, 0.2) is 0 Å². The molecule has 0 bridgehead atoms. The van der Waals surface area contributed by atoms with Crippen molar-refractivity contribution < 1.29 is 13.9 Å². The molecule has 0 spiro atoms. The average molecular weight is 407 g/mol. The van der Waals surface area contributed by atoms with Gasteiger partial charge in [-0.05, 0) is 80.9 Å². The van der Waals surface area contributed by atoms with Crippen LogP contribution in [0.4, 0.5) is 4.39 Å². The minimum Gasteiger partial charge on any atom is -0.462 e. The van der Waals surface area contributed by atoms with Crippen molar-refractivity contribution in [3.63, 3.8) is 0 Å². The number of carbonyl (C=O) groups excluding carboxylic acids is 1. The summed E-state index contributed by atoms with van der Waals surface area (Å²) in [6.07, 6.45) is 14.1. The molecular formula is C25H27FN2O2. The van der Waals surface area contributed by atoms with E-state index in [2.05, 4.69) is 6.08 Å². The Bertz CT molecular complexity index is 877. The molecule has 0 amide bonds. The highest BCUT2D eigenvalue weighted by Gasteiger charge is 2.30. The van der Waals surface area contributed by atoms with Crippen molar-refractivity contribution in [1.82, 2.24) is 0 Å². The number of rotatable bonds is 5. The van der Waals surface area contributed by atoms with Gasteiger partial charge in [-0.25, -0.2) is 4.39 Å². The van der Waals surface area contributed by atoms with E-state index in [9.17, 15) is 9.18 Å². The van der Waals surface area contributed by atoms with E-state index < -0.39 is 5.82 Å². The Morgan fingerprint density at radius 2 is 1.77 bits per heavy atom. The molecule has 0 N–H and O–H groups in total. The molecule has 0 unspecified atom stereocenters. The number of allylic oxidation sites excluding steroid dienone is 4. The summed E-state index contributed by atoms with van der Waals surface area (Å²) in [5, 5.41) is 17.4. The first-order chi connectivity index (χ1) is 14.6. The van der Waals surface area contributed by atoms with Gasteiger partial charge in [0.25, 0.3) is 0 Å². The van der Waals surface area contributed by atoms with Crippen molar-refractivity contribution in [2.75, 3.05) is 0 Å². The maximum atomic E-state index is 13.9. The molecule has 0 aliphatic heterocycles. The smallest absolute Gasteiger partial charge is 0.309 e. The van der Waals surface area contributed by atoms with Crippen LogP contribution in [0.25, 0.3) is 0 Å². The van der Waals surface area contributed by atoms with E-state index >= 15 is 0 Å². The average Bonchev–Trinajstić information content (AvgIpc) is 2.77. The molecule has 5 heteroatoms. The van der Waals surface area contributed by atoms with Crippen LogP contribution in [-0.4, -0.2) is 12.1 Å². The monoisotopic (exact) mass is 406 g/mol. The van der Waals surface area contributed by atoms with Crippen molar-refractivity contribution in [3.05, 3.63) is 59.4 Å². The van der Waals surface area contributed by atoms with Crippen molar-refractivity contribution in [2.45, 2.75) is 63.4 Å². The molecular weight excluding hydrogens is 379 g/mol. The molecule has 2 aliphatic carbocycles. The van der Waals surface area contributed by atoms with Gasteiger partial charge in [-0.2, -0.15) is 10.5 Å². The van der Waals surface area contributed by atoms with E-state index in [-0.39, 0.29) is 29.5 Å². The fourth-order valence-electron chi connectivity index (χ4n) is 4.52. The number of ether oxygens (including phenoxy) is 1. The van der Waals surface area contributed by atoms with Crippen LogP contribution >= 0.6 is 0 Å². The molecule has 4 nitrogen and oxygen atoms in total. The third-order valence-electron chi connectivity index (χ3n) is 6.31. The molecule has 3 rings (SSSR count). The van der Waals surface area contributed by atoms with E-state index in [1.54, 1.807) is 12.1 Å². The van der Waals surface area contributed by atoms with Crippen LogP contribution in [0.15, 0.2) is 42.5 Å². The summed E-state index contributed by atoms with van der Waals surface area (Å²) in [4.78, 5) is 12.6. The minimum atomic E-state index is -0.463. The first kappa shape index (κ1) is 21.8. The molecule has 2 saturated carbocycles. The maximum Gasteiger partial charge on any atom is 0.309 e. The van der Waals surface area contributed by atoms with Gasteiger partial charge in [-0.15, -0.1) is 0 Å². The van der Waals surface area contributed by atoms with Crippen molar-refractivity contribution in [3.8, 4) is 12.1 Å². The van der Waals surface area contributed by atoms with Crippen molar-refractivity contribution in [1.29, 1.82) is 10.5 Å². The highest BCUT2D eigenvalue weighted by molar-refractivity contribution is 5.72. The van der Waals surface area contributed by atoms with E-state index in [1.165, 1.54) is 12.1 Å². The second kappa shape index (κ2) is 10.7. The van der Waals surface area contributed by atoms with Crippen molar-refractivity contribution >= 4 is 5.97 Å². The van der Waals surface area contributed by atoms with Gasteiger partial charge in [0.2, 0.25) is 0 Å². The van der Waals surface area contributed by atoms with Gasteiger partial charge in [0, 0.05) is 6.08 Å². The van der Waals surface area contributed by atoms with Crippen LogP contribution in [-0.2, 0) is 9.53 Å². The number of nitrogens with zero attached hydrogens (tertiary/aromatic N) is 2. The summed E-state index contributed by atoms with van der Waals surface area (Å²) in [5.74, 6) is 0.152. The molecule has 0 radical (unpaired) electrons. The topological polar surface area (TPSA) is 73.9 Å². The lowest BCUT2D eigenvalue weighted by Crippen LogP contribution is -2.29. The van der Waals surface area contributed by atoms with Crippen molar-refractivity contribution in [2.24, 2.45) is 11.8 Å². The lowest BCUT2D eigenvalue weighted by atomic mass is 9.81. The zero-order valence-electron chi connectivity index (χ0n) is 17.1. The standard InChI is InChI=1S/C25H27FN2O2/c26-24-16-21(9-10-22(24)17-28)19-11-13-23(14-12-19)30-25(29)20-7-5-18(6-8-20)4-2-1-3-15-27/h1-4,9-10,16,18-20,23H,5-8,11-14H2. The number of esters is 1. The molecule has 1 aromatic rings. The van der Waals surface area contributed by atoms with E-state index in [0.717, 1.165) is 56.9 Å². The molecule has 0 atom stereocenters. The summed E-state index contributed by atoms with van der Waals surface area (Å²) in [6.45, 7) is 0. The lowest BCUT2D eigenvalue weighted by Gasteiger charge is -2.31. The van der Waals surface area contributed by atoms with Crippen LogP contribution < -0.4 is 0 Å². The number of nitriles is 2. The zero-order chi connectivity index (χ0) is 21.3. The minimum absolute atomic E-state index is 0.0188. The number of hydrogen-bond acceptors (Lipinski definition) is 4. The number of carbonyl (C=O) groups is 1. The Morgan fingerprint density at radius 3 is 2.40 bits per heavy atom. The van der Waals surface area contributed by atoms with Crippen LogP contribution in [0.2, 0.25) is 0 Å². The fourth-order valence-corrected chi connectivity index (χ4v) is 4.52. The molecule has 2 fully saturated rings. The quantitative estimate of drug-likeness (QED) is 0.357. The fraction of sp³-hybridized carbons (Fsp3) is 0.480. The predicted molar refractivity (Wildman–Crippen MR) is 112 cm³/mol. The first-order valence-corrected chi connectivity index (χ1v) is 10.7. The van der Waals surface area contributed by atoms with Crippen LogP contribution in [0.5, 0.6) is 0 Å². The molecule has 2 aliphatic rings. The van der Waals surface area contributed by atoms with Gasteiger partial charge in [0.1, 0.15) is 18.0 Å². The summed E-state index contributed by atoms with van der Waals surface area (Å²) < 4.78 is 19.7. The highest BCUT2D eigenvalue weighted by Crippen LogP contribution is 2.36. The summed E-state index contributed by atoms with van der Waals surface area (Å²) in [7, 11) is 0. The van der Waals surface area contributed by atoms with Gasteiger partial charge < -0.3 is 4.74 Å². The largest absolute Gasteiger partial charge is 0.462 e. The Hall–Kier alpha value is -2.92. The number of halogens is 1. The molecule has 0 saturated heterocycles. The number of hydrogen-bond donors (Lipinski definition) is 0. The first-order valence-electron chi connectivity index (χ1n) is 10.7. The summed E-state index contributed by atoms with van der Waals surface area (Å²) >= 11 is 0. The molecule has 0 heterocycles. The van der Waals surface area contributed by atoms with Crippen LogP contribution in [0, 0.1) is 40.3 Å². The third kappa shape index (κ3) is 5.80. The normalized spacial score (nSPS) is 26.9. The predicted octanol–water partition coefficient (Wildman–Crippen LogP) is 5.71. The second-order valence-corrected chi connectivity index (χ2v) is 8.25. The molecule has 30 heavy (non-hydrogen) atoms. The van der Waals surface area contributed by atoms with E-state index in [1.807, 2.05) is 24.3 Å². The van der Waals surface area contributed by atoms with Crippen LogP contribution in [0.1, 0.15) is 68.4 Å². The Balaban J connectivity index is 1.42. The molecule has 1 aromatic carbocycles. The highest BCUT2D eigenvalue weighted by atomic mass is 19.1. The number of benzene rings is 1. The Morgan fingerprint density at radius 1 is 1.03 bits per heavy atom. The van der Waals surface area contributed by atoms with Gasteiger partial charge >= 0.3 is 5.97 Å². The SMILES string of the molecule is N#CC=CC=CC1CCC(C(=O)OC2CCC(c3ccc(C#N)c(F)c3)CC2)CC1. The zero-order valence-corrected chi connectivity index (χ0v) is 17.1. The van der Waals surface area contributed by atoms with Crippen LogP contribution in [0.3, 0.4) is 0 Å². The summed E-state index contributed by atoms with van der Waals surface area (Å²) in [6, 6.07) is 8.67. The van der Waals surface area contributed by atoms with E-state index in [0.29, 0.717) is 5.92 Å². The molecule has 0 aromatic heterocycles. The Labute approximate surface area is 177 Å². The second-order valence-electron chi connectivity index (χ2n) is 8.25. The Kier molecular flexibility index (Phi) is 7.80. The molecule has 156 valence electrons. The maximum absolute atomic E-state index is 13.9. The van der Waals surface area contributed by atoms with Gasteiger partial charge in [0.05, 0.1) is 17.6 Å². The summed E-state index contributed by atoms with van der Waals surface area (Å²) in [5.41, 5.74) is 0.998. The van der Waals surface area contributed by atoms with E-state index in [4.69, 9.17) is 15.3 Å². The van der Waals surface area contributed by atoms with Gasteiger partial charge in [-0.1, -0.05) is 24.3 Å². The third-order valence-corrected chi connectivity index (χ3v) is 6.31. The van der Waals surface area contributed by atoms with Gasteiger partial charge in [-0.3, -0.25) is 4.79 Å².